The number of hydrogen-bond donors (Lipinski definition) is 2. The maximum Gasteiger partial charge on any atom is 0.337 e. The third-order valence-corrected chi connectivity index (χ3v) is 3.16. The number of ether oxygens (including phenoxy) is 1. The standard InChI is InChI=1S/C14H17NO4/c1-8(2)15-7-11(13(16)14(17)18)10-5-4-9(19-3)6-12(10)15/h4-8,13,16H,1-3H3,(H,17,18). The average Bonchev–Trinajstić information content (AvgIpc) is 2.76. The molecule has 5 nitrogen and oxygen atoms in total. The van der Waals surface area contributed by atoms with Crippen LogP contribution in [-0.4, -0.2) is 27.9 Å². The van der Waals surface area contributed by atoms with Crippen molar-refractivity contribution < 1.29 is 19.7 Å². The van der Waals surface area contributed by atoms with Crippen LogP contribution in [0, 0.1) is 0 Å². The van der Waals surface area contributed by atoms with E-state index in [4.69, 9.17) is 9.84 Å². The molecule has 0 saturated carbocycles. The van der Waals surface area contributed by atoms with E-state index in [-0.39, 0.29) is 6.04 Å². The highest BCUT2D eigenvalue weighted by Gasteiger charge is 2.22. The molecule has 1 atom stereocenters. The summed E-state index contributed by atoms with van der Waals surface area (Å²) in [6.07, 6.45) is 0.170. The fourth-order valence-electron chi connectivity index (χ4n) is 2.16. The van der Waals surface area contributed by atoms with Crippen molar-refractivity contribution in [2.24, 2.45) is 0 Å². The summed E-state index contributed by atoms with van der Waals surface area (Å²) >= 11 is 0. The van der Waals surface area contributed by atoms with Crippen molar-refractivity contribution >= 4 is 16.9 Å². The molecule has 0 bridgehead atoms. The predicted octanol–water partition coefficient (Wildman–Crippen LogP) is 2.35. The molecule has 19 heavy (non-hydrogen) atoms. The molecule has 2 N–H and O–H groups in total. The number of aliphatic carboxylic acids is 1. The Morgan fingerprint density at radius 2 is 2.05 bits per heavy atom. The van der Waals surface area contributed by atoms with E-state index >= 15 is 0 Å². The number of aliphatic hydroxyl groups is 1. The first-order valence-corrected chi connectivity index (χ1v) is 6.05. The fraction of sp³-hybridized carbons (Fsp3) is 0.357. The SMILES string of the molecule is COc1ccc2c(C(O)C(=O)O)cn(C(C)C)c2c1. The maximum atomic E-state index is 11.0. The van der Waals surface area contributed by atoms with E-state index in [1.807, 2.05) is 24.5 Å². The van der Waals surface area contributed by atoms with Crippen LogP contribution >= 0.6 is 0 Å². The zero-order valence-corrected chi connectivity index (χ0v) is 11.1. The zero-order valence-electron chi connectivity index (χ0n) is 11.1. The fourth-order valence-corrected chi connectivity index (χ4v) is 2.16. The van der Waals surface area contributed by atoms with Crippen LogP contribution in [0.1, 0.15) is 31.6 Å². The average molecular weight is 263 g/mol. The molecular formula is C14H17NO4. The Morgan fingerprint density at radius 1 is 1.37 bits per heavy atom. The second-order valence-electron chi connectivity index (χ2n) is 4.71. The van der Waals surface area contributed by atoms with Crippen molar-refractivity contribution in [3.63, 3.8) is 0 Å². The highest BCUT2D eigenvalue weighted by Crippen LogP contribution is 2.31. The molecule has 1 unspecified atom stereocenters. The summed E-state index contributed by atoms with van der Waals surface area (Å²) in [5, 5.41) is 19.5. The first-order chi connectivity index (χ1) is 8.95. The van der Waals surface area contributed by atoms with Crippen LogP contribution in [0.3, 0.4) is 0 Å². The lowest BCUT2D eigenvalue weighted by Crippen LogP contribution is -2.10. The molecule has 102 valence electrons. The van der Waals surface area contributed by atoms with E-state index in [1.165, 1.54) is 0 Å². The molecule has 2 aromatic rings. The third kappa shape index (κ3) is 2.29. The summed E-state index contributed by atoms with van der Waals surface area (Å²) in [5.41, 5.74) is 1.25. The Morgan fingerprint density at radius 3 is 2.58 bits per heavy atom. The van der Waals surface area contributed by atoms with Gasteiger partial charge in [-0.15, -0.1) is 0 Å². The van der Waals surface area contributed by atoms with Crippen molar-refractivity contribution in [1.29, 1.82) is 0 Å². The third-order valence-electron chi connectivity index (χ3n) is 3.16. The van der Waals surface area contributed by atoms with Crippen LogP contribution in [0.15, 0.2) is 24.4 Å². The lowest BCUT2D eigenvalue weighted by molar-refractivity contribution is -0.146. The minimum atomic E-state index is -1.52. The molecule has 1 aromatic carbocycles. The molecular weight excluding hydrogens is 246 g/mol. The molecule has 0 saturated heterocycles. The van der Waals surface area contributed by atoms with E-state index < -0.39 is 12.1 Å². The topological polar surface area (TPSA) is 71.7 Å². The maximum absolute atomic E-state index is 11.0. The van der Waals surface area contributed by atoms with Gasteiger partial charge in [0.05, 0.1) is 12.6 Å². The summed E-state index contributed by atoms with van der Waals surface area (Å²) in [4.78, 5) is 11.0. The first kappa shape index (κ1) is 13.4. The molecule has 1 aromatic heterocycles. The Bertz CT molecular complexity index is 615. The monoisotopic (exact) mass is 263 g/mol. The zero-order chi connectivity index (χ0) is 14.2. The van der Waals surface area contributed by atoms with Crippen molar-refractivity contribution in [2.75, 3.05) is 7.11 Å². The normalized spacial score (nSPS) is 12.9. The number of rotatable bonds is 4. The van der Waals surface area contributed by atoms with Gasteiger partial charge >= 0.3 is 5.97 Å². The quantitative estimate of drug-likeness (QED) is 0.888. The molecule has 5 heteroatoms. The minimum Gasteiger partial charge on any atom is -0.497 e. The molecule has 1 heterocycles. The molecule has 0 aliphatic heterocycles. The number of aromatic nitrogens is 1. The highest BCUT2D eigenvalue weighted by atomic mass is 16.5. The largest absolute Gasteiger partial charge is 0.497 e. The molecule has 2 rings (SSSR count). The number of aliphatic hydroxyl groups excluding tert-OH is 1. The lowest BCUT2D eigenvalue weighted by atomic mass is 10.1. The Labute approximate surface area is 111 Å². The van der Waals surface area contributed by atoms with Crippen molar-refractivity contribution in [2.45, 2.75) is 26.0 Å². The van der Waals surface area contributed by atoms with Gasteiger partial charge in [0, 0.05) is 29.3 Å². The first-order valence-electron chi connectivity index (χ1n) is 6.05. The van der Waals surface area contributed by atoms with E-state index in [9.17, 15) is 9.90 Å². The highest BCUT2D eigenvalue weighted by molar-refractivity contribution is 5.90. The number of hydrogen-bond acceptors (Lipinski definition) is 3. The van der Waals surface area contributed by atoms with Gasteiger partial charge in [-0.1, -0.05) is 0 Å². The minimum absolute atomic E-state index is 0.157. The molecule has 0 aliphatic carbocycles. The van der Waals surface area contributed by atoms with E-state index in [0.29, 0.717) is 11.3 Å². The molecule has 0 aliphatic rings. The van der Waals surface area contributed by atoms with E-state index in [0.717, 1.165) is 10.9 Å². The van der Waals surface area contributed by atoms with Crippen LogP contribution in [0.4, 0.5) is 0 Å². The second kappa shape index (κ2) is 4.93. The van der Waals surface area contributed by atoms with E-state index in [2.05, 4.69) is 0 Å². The second-order valence-corrected chi connectivity index (χ2v) is 4.71. The number of fused-ring (bicyclic) bond motifs is 1. The van der Waals surface area contributed by atoms with Gasteiger partial charge in [-0.3, -0.25) is 0 Å². The number of carboxylic acid groups (broad SMARTS) is 1. The number of nitrogens with zero attached hydrogens (tertiary/aromatic N) is 1. The lowest BCUT2D eigenvalue weighted by Gasteiger charge is -2.09. The van der Waals surface area contributed by atoms with Gasteiger partial charge in [-0.05, 0) is 26.0 Å². The number of carboxylic acids is 1. The van der Waals surface area contributed by atoms with Crippen molar-refractivity contribution in [3.8, 4) is 5.75 Å². The van der Waals surface area contributed by atoms with Gasteiger partial charge in [0.15, 0.2) is 6.10 Å². The van der Waals surface area contributed by atoms with Gasteiger partial charge in [0.1, 0.15) is 5.75 Å². The van der Waals surface area contributed by atoms with Crippen LogP contribution < -0.4 is 4.74 Å². The van der Waals surface area contributed by atoms with Crippen LogP contribution in [0.25, 0.3) is 10.9 Å². The van der Waals surface area contributed by atoms with E-state index in [1.54, 1.807) is 25.4 Å². The molecule has 0 amide bonds. The number of methoxy groups -OCH3 is 1. The Kier molecular flexibility index (Phi) is 3.48. The van der Waals surface area contributed by atoms with Crippen LogP contribution in [-0.2, 0) is 4.79 Å². The smallest absolute Gasteiger partial charge is 0.337 e. The van der Waals surface area contributed by atoms with Gasteiger partial charge in [-0.2, -0.15) is 0 Å². The Balaban J connectivity index is 2.70. The predicted molar refractivity (Wildman–Crippen MR) is 71.5 cm³/mol. The molecule has 0 radical (unpaired) electrons. The summed E-state index contributed by atoms with van der Waals surface area (Å²) < 4.78 is 7.11. The number of carbonyl (C=O) groups is 1. The summed E-state index contributed by atoms with van der Waals surface area (Å²) in [5.74, 6) is -0.553. The van der Waals surface area contributed by atoms with Gasteiger partial charge in [0.25, 0.3) is 0 Å². The Hall–Kier alpha value is -2.01. The van der Waals surface area contributed by atoms with Crippen LogP contribution in [0.5, 0.6) is 5.75 Å². The molecule has 0 fully saturated rings. The van der Waals surface area contributed by atoms with Gasteiger partial charge < -0.3 is 19.5 Å². The van der Waals surface area contributed by atoms with Gasteiger partial charge in [0.2, 0.25) is 0 Å². The van der Waals surface area contributed by atoms with Crippen LogP contribution in [0.2, 0.25) is 0 Å². The van der Waals surface area contributed by atoms with Crippen molar-refractivity contribution in [1.82, 2.24) is 4.57 Å². The number of benzene rings is 1. The summed E-state index contributed by atoms with van der Waals surface area (Å²) in [6, 6.07) is 5.52. The van der Waals surface area contributed by atoms with Gasteiger partial charge in [-0.25, -0.2) is 4.79 Å². The summed E-state index contributed by atoms with van der Waals surface area (Å²) in [7, 11) is 1.58. The summed E-state index contributed by atoms with van der Waals surface area (Å²) in [6.45, 7) is 3.99. The molecule has 0 spiro atoms. The van der Waals surface area contributed by atoms with Crippen molar-refractivity contribution in [3.05, 3.63) is 30.0 Å².